The second-order valence-corrected chi connectivity index (χ2v) is 6.13. The van der Waals surface area contributed by atoms with Gasteiger partial charge in [0.2, 0.25) is 0 Å². The molecule has 0 heterocycles. The van der Waals surface area contributed by atoms with Gasteiger partial charge < -0.3 is 4.74 Å². The molecule has 0 saturated heterocycles. The molecule has 0 radical (unpaired) electrons. The Morgan fingerprint density at radius 2 is 1.91 bits per heavy atom. The fraction of sp³-hybridized carbons (Fsp3) is 0.0556. The lowest BCUT2D eigenvalue weighted by Gasteiger charge is -2.06. The van der Waals surface area contributed by atoms with Crippen molar-refractivity contribution < 1.29 is 4.74 Å². The van der Waals surface area contributed by atoms with E-state index in [9.17, 15) is 5.26 Å². The number of terminal acetylenes is 1. The van der Waals surface area contributed by atoms with E-state index in [1.54, 1.807) is 0 Å². The average Bonchev–Trinajstić information content (AvgIpc) is 2.53. The number of hydrogen-bond acceptors (Lipinski definition) is 2. The van der Waals surface area contributed by atoms with Crippen molar-refractivity contribution in [1.29, 1.82) is 5.26 Å². The van der Waals surface area contributed by atoms with E-state index in [4.69, 9.17) is 11.2 Å². The van der Waals surface area contributed by atoms with Crippen molar-refractivity contribution in [3.63, 3.8) is 0 Å². The topological polar surface area (TPSA) is 33.0 Å². The highest BCUT2D eigenvalue weighted by Crippen LogP contribution is 2.28. The first-order valence-electron chi connectivity index (χ1n) is 6.37. The Morgan fingerprint density at radius 1 is 1.18 bits per heavy atom. The zero-order valence-electron chi connectivity index (χ0n) is 11.5. The molecule has 0 aromatic heterocycles. The molecular formula is C18H11Br2NO. The lowest BCUT2D eigenvalue weighted by Crippen LogP contribution is -1.94. The maximum absolute atomic E-state index is 9.36. The van der Waals surface area contributed by atoms with Crippen molar-refractivity contribution in [1.82, 2.24) is 0 Å². The number of allylic oxidation sites excluding steroid dienone is 1. The molecule has 0 N–H and O–H groups in total. The predicted molar refractivity (Wildman–Crippen MR) is 96.1 cm³/mol. The van der Waals surface area contributed by atoms with Crippen molar-refractivity contribution >= 4 is 43.5 Å². The van der Waals surface area contributed by atoms with E-state index in [0.29, 0.717) is 11.3 Å². The number of rotatable bonds is 4. The SMILES string of the molecule is C#CCOc1ccc(/C=C(\C#N)c2ccc(Br)cc2)cc1Br. The Bertz CT molecular complexity index is 780. The minimum absolute atomic E-state index is 0.218. The molecule has 0 atom stereocenters. The summed E-state index contributed by atoms with van der Waals surface area (Å²) in [6.07, 6.45) is 7.01. The molecule has 4 heteroatoms. The molecule has 2 aromatic carbocycles. The van der Waals surface area contributed by atoms with Gasteiger partial charge in [-0.3, -0.25) is 0 Å². The average molecular weight is 417 g/mol. The van der Waals surface area contributed by atoms with Crippen LogP contribution in [0.25, 0.3) is 11.6 Å². The van der Waals surface area contributed by atoms with Crippen LogP contribution in [0.15, 0.2) is 51.4 Å². The molecule has 0 fully saturated rings. The van der Waals surface area contributed by atoms with Crippen LogP contribution in [0.2, 0.25) is 0 Å². The van der Waals surface area contributed by atoms with Crippen molar-refractivity contribution in [3.05, 3.63) is 62.5 Å². The van der Waals surface area contributed by atoms with Crippen LogP contribution in [0.1, 0.15) is 11.1 Å². The highest BCUT2D eigenvalue weighted by Gasteiger charge is 2.04. The summed E-state index contributed by atoms with van der Waals surface area (Å²) in [5.41, 5.74) is 2.37. The third kappa shape index (κ3) is 4.24. The molecule has 22 heavy (non-hydrogen) atoms. The van der Waals surface area contributed by atoms with Crippen LogP contribution in [0, 0.1) is 23.7 Å². The largest absolute Gasteiger partial charge is 0.480 e. The maximum Gasteiger partial charge on any atom is 0.148 e. The molecule has 0 aliphatic heterocycles. The summed E-state index contributed by atoms with van der Waals surface area (Å²) in [5, 5.41) is 9.36. The smallest absolute Gasteiger partial charge is 0.148 e. The zero-order chi connectivity index (χ0) is 15.9. The minimum atomic E-state index is 0.218. The molecule has 2 nitrogen and oxygen atoms in total. The van der Waals surface area contributed by atoms with Crippen LogP contribution >= 0.6 is 31.9 Å². The van der Waals surface area contributed by atoms with Gasteiger partial charge in [-0.2, -0.15) is 5.26 Å². The molecule has 0 bridgehead atoms. The fourth-order valence-electron chi connectivity index (χ4n) is 1.82. The second kappa shape index (κ2) is 7.84. The molecular weight excluding hydrogens is 406 g/mol. The van der Waals surface area contributed by atoms with Crippen molar-refractivity contribution in [3.8, 4) is 24.2 Å². The summed E-state index contributed by atoms with van der Waals surface area (Å²) in [6.45, 7) is 0.218. The second-order valence-electron chi connectivity index (χ2n) is 4.36. The van der Waals surface area contributed by atoms with Gasteiger partial charge in [0.15, 0.2) is 0 Å². The van der Waals surface area contributed by atoms with E-state index in [-0.39, 0.29) is 6.61 Å². The summed E-state index contributed by atoms with van der Waals surface area (Å²) >= 11 is 6.83. The molecule has 0 spiro atoms. The van der Waals surface area contributed by atoms with Gasteiger partial charge in [0.05, 0.1) is 16.1 Å². The highest BCUT2D eigenvalue weighted by atomic mass is 79.9. The number of halogens is 2. The van der Waals surface area contributed by atoms with E-state index >= 15 is 0 Å². The Kier molecular flexibility index (Phi) is 5.83. The Balaban J connectivity index is 2.31. The number of benzene rings is 2. The fourth-order valence-corrected chi connectivity index (χ4v) is 2.59. The van der Waals surface area contributed by atoms with Crippen LogP contribution < -0.4 is 4.74 Å². The van der Waals surface area contributed by atoms with Gasteiger partial charge >= 0.3 is 0 Å². The van der Waals surface area contributed by atoms with Gasteiger partial charge in [-0.15, -0.1) is 6.42 Å². The van der Waals surface area contributed by atoms with Crippen molar-refractivity contribution in [2.75, 3.05) is 6.61 Å². The predicted octanol–water partition coefficient (Wildman–Crippen LogP) is 5.29. The van der Waals surface area contributed by atoms with Gasteiger partial charge in [0.1, 0.15) is 12.4 Å². The summed E-state index contributed by atoms with van der Waals surface area (Å²) in [5.74, 6) is 3.10. The lowest BCUT2D eigenvalue weighted by molar-refractivity contribution is 0.368. The molecule has 0 unspecified atom stereocenters. The van der Waals surface area contributed by atoms with Crippen molar-refractivity contribution in [2.45, 2.75) is 0 Å². The molecule has 108 valence electrons. The molecule has 2 aromatic rings. The first kappa shape index (κ1) is 16.4. The molecule has 0 amide bonds. The maximum atomic E-state index is 9.36. The van der Waals surface area contributed by atoms with E-state index in [0.717, 1.165) is 20.1 Å². The van der Waals surface area contributed by atoms with Crippen LogP contribution in [0.3, 0.4) is 0 Å². The van der Waals surface area contributed by atoms with E-state index in [1.807, 2.05) is 48.5 Å². The zero-order valence-corrected chi connectivity index (χ0v) is 14.7. The molecule has 0 saturated carbocycles. The monoisotopic (exact) mass is 415 g/mol. The first-order chi connectivity index (χ1) is 10.6. The summed E-state index contributed by atoms with van der Waals surface area (Å²) in [7, 11) is 0. The molecule has 0 aliphatic carbocycles. The van der Waals surface area contributed by atoms with Crippen LogP contribution in [0.4, 0.5) is 0 Å². The van der Waals surface area contributed by atoms with E-state index < -0.39 is 0 Å². The Hall–Kier alpha value is -2.01. The van der Waals surface area contributed by atoms with Crippen LogP contribution in [0.5, 0.6) is 5.75 Å². The number of ether oxygens (including phenoxy) is 1. The normalized spacial score (nSPS) is 10.6. The standard InChI is InChI=1S/C18H11Br2NO/c1-2-9-22-18-8-3-13(11-17(18)20)10-15(12-21)14-4-6-16(19)7-5-14/h1,3-8,10-11H,9H2/b15-10+. The summed E-state index contributed by atoms with van der Waals surface area (Å²) in [6, 6.07) is 15.4. The van der Waals surface area contributed by atoms with Gasteiger partial charge in [-0.25, -0.2) is 0 Å². The van der Waals surface area contributed by atoms with E-state index in [2.05, 4.69) is 43.8 Å². The van der Waals surface area contributed by atoms with Gasteiger partial charge in [-0.05, 0) is 57.4 Å². The summed E-state index contributed by atoms with van der Waals surface area (Å²) < 4.78 is 7.17. The minimum Gasteiger partial charge on any atom is -0.480 e. The van der Waals surface area contributed by atoms with Gasteiger partial charge in [-0.1, -0.05) is 40.0 Å². The third-order valence-corrected chi connectivity index (χ3v) is 4.00. The number of nitriles is 1. The number of nitrogens with zero attached hydrogens (tertiary/aromatic N) is 1. The van der Waals surface area contributed by atoms with Crippen molar-refractivity contribution in [2.24, 2.45) is 0 Å². The quantitative estimate of drug-likeness (QED) is 0.385. The first-order valence-corrected chi connectivity index (χ1v) is 7.96. The van der Waals surface area contributed by atoms with Crippen LogP contribution in [-0.2, 0) is 0 Å². The Morgan fingerprint density at radius 3 is 2.50 bits per heavy atom. The lowest BCUT2D eigenvalue weighted by atomic mass is 10.0. The number of hydrogen-bond donors (Lipinski definition) is 0. The highest BCUT2D eigenvalue weighted by molar-refractivity contribution is 9.10. The van der Waals surface area contributed by atoms with Gasteiger partial charge in [0.25, 0.3) is 0 Å². The van der Waals surface area contributed by atoms with Gasteiger partial charge in [0, 0.05) is 4.47 Å². The molecule has 0 aliphatic rings. The van der Waals surface area contributed by atoms with E-state index in [1.165, 1.54) is 0 Å². The summed E-state index contributed by atoms with van der Waals surface area (Å²) in [4.78, 5) is 0. The molecule has 2 rings (SSSR count). The van der Waals surface area contributed by atoms with Crippen LogP contribution in [-0.4, -0.2) is 6.61 Å². The third-order valence-electron chi connectivity index (χ3n) is 2.85. The Labute approximate surface area is 146 Å².